The summed E-state index contributed by atoms with van der Waals surface area (Å²) in [4.78, 5) is 8.29. The van der Waals surface area contributed by atoms with E-state index in [1.165, 1.54) is 0 Å². The zero-order valence-electron chi connectivity index (χ0n) is 42.0. The Morgan fingerprint density at radius 1 is 0.347 bits per heavy atom. The Morgan fingerprint density at radius 2 is 0.547 bits per heavy atom. The second-order valence-electron chi connectivity index (χ2n) is 17.2. The van der Waals surface area contributed by atoms with E-state index in [0.29, 0.717) is 11.1 Å². The summed E-state index contributed by atoms with van der Waals surface area (Å²) >= 11 is 7.31. The number of aliphatic imine (C=N–C) groups is 2. The molecule has 4 nitrogen and oxygen atoms in total. The van der Waals surface area contributed by atoms with E-state index in [2.05, 4.69) is 128 Å². The van der Waals surface area contributed by atoms with Crippen molar-refractivity contribution in [1.29, 1.82) is 0 Å². The third kappa shape index (κ3) is 13.7. The molecule has 0 bridgehead atoms. The largest absolute Gasteiger partial charge is 2.00 e. The van der Waals surface area contributed by atoms with Gasteiger partial charge in [0.2, 0.25) is 0 Å². The number of phenolic OH excluding ortho intramolecular Hbond substituents is 2. The van der Waals surface area contributed by atoms with Crippen molar-refractivity contribution in [1.82, 2.24) is 0 Å². The first-order valence-corrected chi connectivity index (χ1v) is 25.7. The van der Waals surface area contributed by atoms with Crippen molar-refractivity contribution >= 4 is 44.3 Å². The number of rotatable bonds is 10. The van der Waals surface area contributed by atoms with Gasteiger partial charge in [-0.05, 0) is 57.6 Å². The maximum Gasteiger partial charge on any atom is 2.00 e. The van der Waals surface area contributed by atoms with Crippen molar-refractivity contribution in [2.24, 2.45) is 9.98 Å². The summed E-state index contributed by atoms with van der Waals surface area (Å²) in [7, 11) is 3.41. The van der Waals surface area contributed by atoms with Crippen molar-refractivity contribution in [3.05, 3.63) is 356 Å². The maximum absolute atomic E-state index is 11.5. The molecular formula is C68H58Br2N2O2Zr. The average Bonchev–Trinajstić information content (AvgIpc) is 3.44. The Kier molecular flexibility index (Phi) is 21.6. The van der Waals surface area contributed by atoms with Crippen LogP contribution in [-0.2, 0) is 37.0 Å². The Labute approximate surface area is 479 Å². The second kappa shape index (κ2) is 28.4. The number of aromatic hydroxyl groups is 2. The summed E-state index contributed by atoms with van der Waals surface area (Å²) in [6, 6.07) is 89.5. The fourth-order valence-electron chi connectivity index (χ4n) is 9.31. The molecule has 370 valence electrons. The monoisotopic (exact) mass is 1180 g/mol. The number of hydrogen-bond acceptors (Lipinski definition) is 4. The van der Waals surface area contributed by atoms with Gasteiger partial charge in [0.15, 0.2) is 0 Å². The molecule has 0 radical (unpaired) electrons. The minimum absolute atomic E-state index is 0. The van der Waals surface area contributed by atoms with Gasteiger partial charge >= 0.3 is 26.2 Å². The van der Waals surface area contributed by atoms with Gasteiger partial charge < -0.3 is 10.2 Å². The molecule has 10 aromatic rings. The van der Waals surface area contributed by atoms with Gasteiger partial charge in [-0.2, -0.15) is 49.2 Å². The van der Waals surface area contributed by atoms with Crippen LogP contribution < -0.4 is 0 Å². The molecule has 0 aromatic heterocycles. The molecule has 0 aliphatic rings. The van der Waals surface area contributed by atoms with E-state index < -0.39 is 10.8 Å². The van der Waals surface area contributed by atoms with Gasteiger partial charge in [-0.25, -0.2) is 0 Å². The van der Waals surface area contributed by atoms with Crippen LogP contribution in [0.5, 0.6) is 11.5 Å². The van der Waals surface area contributed by atoms with E-state index in [9.17, 15) is 10.2 Å². The number of halogens is 2. The quantitative estimate of drug-likeness (QED) is 0.0814. The smallest absolute Gasteiger partial charge is 0.507 e. The van der Waals surface area contributed by atoms with Crippen LogP contribution in [0.1, 0.15) is 66.8 Å². The second-order valence-corrected chi connectivity index (χ2v) is 19.1. The molecule has 7 heteroatoms. The first-order chi connectivity index (χ1) is 36.1. The first kappa shape index (κ1) is 57.0. The van der Waals surface area contributed by atoms with Crippen molar-refractivity contribution in [2.45, 2.75) is 10.8 Å². The topological polar surface area (TPSA) is 65.2 Å². The molecule has 0 amide bonds. The van der Waals surface area contributed by atoms with Crippen LogP contribution in [0.4, 0.5) is 0 Å². The molecule has 75 heavy (non-hydrogen) atoms. The number of nitrogens with zero attached hydrogens (tertiary/aromatic N) is 2. The standard InChI is InChI=1S/2C27H22BrNO.2C7H7.Zr/c2*1-29-19-20-17-24(28)18-25(26(20)30)27(21-11-5-2-6-12-21,22-13-7-3-8-14-22)23-15-9-4-10-16-23;2*1-7-5-3-2-4-6-7;/h2*2-19,30H,1H3;2*2-6H,1H2;/q;;2*-1;+2. The summed E-state index contributed by atoms with van der Waals surface area (Å²) < 4.78 is 1.77. The molecule has 0 spiro atoms. The van der Waals surface area contributed by atoms with E-state index >= 15 is 0 Å². The fraction of sp³-hybridized carbons (Fsp3) is 0.0588. The van der Waals surface area contributed by atoms with Crippen molar-refractivity contribution in [2.75, 3.05) is 14.1 Å². The summed E-state index contributed by atoms with van der Waals surface area (Å²) in [6.07, 6.45) is 3.38. The average molecular weight is 1190 g/mol. The van der Waals surface area contributed by atoms with Crippen molar-refractivity contribution < 1.29 is 36.4 Å². The molecule has 2 N–H and O–H groups in total. The van der Waals surface area contributed by atoms with E-state index in [-0.39, 0.29) is 37.7 Å². The van der Waals surface area contributed by atoms with Crippen molar-refractivity contribution in [3.8, 4) is 11.5 Å². The molecule has 0 saturated heterocycles. The van der Waals surface area contributed by atoms with Crippen LogP contribution >= 0.6 is 31.9 Å². The van der Waals surface area contributed by atoms with Crippen LogP contribution in [0, 0.1) is 13.8 Å². The SMILES string of the molecule is CN=Cc1cc(Br)cc(C(c2ccccc2)(c2ccccc2)c2ccccc2)c1O.CN=Cc1cc(Br)cc(C(c2ccccc2)(c2ccccc2)c2ccccc2)c1O.[CH2-]c1ccccc1.[CH2-]c1ccccc1.[Zr+2]. The number of phenols is 2. The zero-order chi connectivity index (χ0) is 52.2. The van der Waals surface area contributed by atoms with E-state index in [0.717, 1.165) is 64.6 Å². The van der Waals surface area contributed by atoms with Crippen molar-refractivity contribution in [3.63, 3.8) is 0 Å². The van der Waals surface area contributed by atoms with Gasteiger partial charge in [-0.15, -0.1) is 24.3 Å². The molecule has 0 saturated carbocycles. The van der Waals surface area contributed by atoms with Crippen LogP contribution in [0.2, 0.25) is 0 Å². The Hall–Kier alpha value is -7.28. The van der Waals surface area contributed by atoms with E-state index in [4.69, 9.17) is 0 Å². The normalized spacial score (nSPS) is 10.9. The number of benzene rings is 10. The maximum atomic E-state index is 11.5. The van der Waals surface area contributed by atoms with Crippen LogP contribution in [0.15, 0.2) is 286 Å². The van der Waals surface area contributed by atoms with Gasteiger partial charge in [0, 0.05) is 57.7 Å². The Morgan fingerprint density at radius 3 is 0.720 bits per heavy atom. The molecule has 10 rings (SSSR count). The minimum atomic E-state index is -0.700. The van der Waals surface area contributed by atoms with Crippen LogP contribution in [-0.4, -0.2) is 36.7 Å². The number of hydrogen-bond donors (Lipinski definition) is 2. The van der Waals surface area contributed by atoms with Crippen LogP contribution in [0.25, 0.3) is 0 Å². The van der Waals surface area contributed by atoms with Gasteiger partial charge in [-0.3, -0.25) is 9.98 Å². The Bertz CT molecular complexity index is 2910. The minimum Gasteiger partial charge on any atom is -0.507 e. The fourth-order valence-corrected chi connectivity index (χ4v) is 10.3. The molecule has 0 unspecified atom stereocenters. The molecule has 0 heterocycles. The summed E-state index contributed by atoms with van der Waals surface area (Å²) in [5.41, 5.74) is 10.2. The third-order valence-corrected chi connectivity index (χ3v) is 13.4. The molecular weight excluding hydrogens is 1130 g/mol. The van der Waals surface area contributed by atoms with E-state index in [1.807, 2.05) is 194 Å². The molecule has 0 aliphatic heterocycles. The molecule has 0 aliphatic carbocycles. The van der Waals surface area contributed by atoms with Gasteiger partial charge in [0.25, 0.3) is 0 Å². The molecule has 0 fully saturated rings. The summed E-state index contributed by atoms with van der Waals surface area (Å²) in [5.74, 6) is 0.445. The molecule has 0 atom stereocenters. The first-order valence-electron chi connectivity index (χ1n) is 24.1. The van der Waals surface area contributed by atoms with Crippen LogP contribution in [0.3, 0.4) is 0 Å². The summed E-state index contributed by atoms with van der Waals surface area (Å²) in [5, 5.41) is 22.9. The Balaban J connectivity index is 0.000000191. The van der Waals surface area contributed by atoms with Gasteiger partial charge in [-0.1, -0.05) is 226 Å². The van der Waals surface area contributed by atoms with E-state index in [1.54, 1.807) is 26.5 Å². The van der Waals surface area contributed by atoms with Gasteiger partial charge in [0.05, 0.1) is 10.8 Å². The predicted molar refractivity (Wildman–Crippen MR) is 317 cm³/mol. The predicted octanol–water partition coefficient (Wildman–Crippen LogP) is 16.9. The molecule has 10 aromatic carbocycles. The van der Waals surface area contributed by atoms with Gasteiger partial charge in [0.1, 0.15) is 11.5 Å². The summed E-state index contributed by atoms with van der Waals surface area (Å²) in [6.45, 7) is 7.44. The zero-order valence-corrected chi connectivity index (χ0v) is 47.6. The third-order valence-electron chi connectivity index (χ3n) is 12.5.